The van der Waals surface area contributed by atoms with Crippen LogP contribution in [0.5, 0.6) is 0 Å². The number of halogens is 3. The molecule has 0 aliphatic heterocycles. The molecule has 0 bridgehead atoms. The molecule has 0 aliphatic rings. The smallest absolute Gasteiger partial charge is 0.393 e. The molecule has 5 nitrogen and oxygen atoms in total. The summed E-state index contributed by atoms with van der Waals surface area (Å²) in [6, 6.07) is 24.6. The van der Waals surface area contributed by atoms with Gasteiger partial charge in [-0.3, -0.25) is 0 Å². The van der Waals surface area contributed by atoms with Crippen molar-refractivity contribution in [3.63, 3.8) is 0 Å². The Kier molecular flexibility index (Phi) is 10.3. The summed E-state index contributed by atoms with van der Waals surface area (Å²) in [5.41, 5.74) is 1.01. The summed E-state index contributed by atoms with van der Waals surface area (Å²) in [5, 5.41) is 25.6. The second-order valence-electron chi connectivity index (χ2n) is 7.81. The van der Waals surface area contributed by atoms with Crippen LogP contribution in [-0.2, 0) is 26.3 Å². The van der Waals surface area contributed by atoms with E-state index in [1.807, 2.05) is 42.5 Å². The molecular weight excluding hydrogens is 636 g/mol. The molecule has 2 atom stereocenters. The number of hydrogen-bond acceptors (Lipinski definition) is 4. The molecule has 0 spiro atoms. The van der Waals surface area contributed by atoms with Gasteiger partial charge in [0.05, 0.1) is 23.6 Å². The Morgan fingerprint density at radius 3 is 2.03 bits per heavy atom. The summed E-state index contributed by atoms with van der Waals surface area (Å²) in [7, 11) is 0. The average Bonchev–Trinajstić information content (AvgIpc) is 3.25. The molecule has 0 saturated heterocycles. The largest absolute Gasteiger partial charge is 0.416 e. The minimum absolute atomic E-state index is 0. The Hall–Kier alpha value is -2.84. The van der Waals surface area contributed by atoms with E-state index in [0.29, 0.717) is 29.3 Å². The zero-order valence-corrected chi connectivity index (χ0v) is 21.5. The summed E-state index contributed by atoms with van der Waals surface area (Å²) >= 11 is 0. The van der Waals surface area contributed by atoms with E-state index in [0.717, 1.165) is 17.7 Å². The quantitative estimate of drug-likeness (QED) is 0.276. The van der Waals surface area contributed by atoms with Crippen molar-refractivity contribution in [3.05, 3.63) is 90.5 Å². The van der Waals surface area contributed by atoms with Gasteiger partial charge in [0.2, 0.25) is 0 Å². The Morgan fingerprint density at radius 1 is 0.857 bits per heavy atom. The monoisotopic (exact) mass is 661 g/mol. The first kappa shape index (κ1) is 28.4. The fourth-order valence-electron chi connectivity index (χ4n) is 3.32. The average molecular weight is 661 g/mol. The van der Waals surface area contributed by atoms with Crippen LogP contribution < -0.4 is 0 Å². The molecule has 1 radical (unpaired) electrons. The number of aliphatic hydroxyl groups is 2. The standard InChI is InChI=1S/C21H13F3N3.C5H12O2.Ir/c22-21(23,24)17-12-7-13-18(14-17)27-19(15-8-3-1-4-9-15)25-26-20(27)16-10-5-2-6-11-16;1-4(6)3-5(2)7;/h1-10,12-14H;4-7H,3H2,1-2H3;/q-1;;. The zero-order chi connectivity index (χ0) is 24.7. The molecule has 4 aromatic rings. The van der Waals surface area contributed by atoms with E-state index in [1.165, 1.54) is 6.07 Å². The fraction of sp³-hybridized carbons (Fsp3) is 0.231. The summed E-state index contributed by atoms with van der Waals surface area (Å²) < 4.78 is 41.3. The van der Waals surface area contributed by atoms with Crippen LogP contribution in [0.15, 0.2) is 78.9 Å². The normalized spacial score (nSPS) is 12.7. The van der Waals surface area contributed by atoms with Crippen LogP contribution in [0.25, 0.3) is 28.5 Å². The van der Waals surface area contributed by atoms with Gasteiger partial charge in [0.15, 0.2) is 5.82 Å². The summed E-state index contributed by atoms with van der Waals surface area (Å²) in [5.74, 6) is 0.885. The Balaban J connectivity index is 0.000000476. The summed E-state index contributed by atoms with van der Waals surface area (Å²) in [6.07, 6.45) is -4.71. The van der Waals surface area contributed by atoms with Crippen LogP contribution >= 0.6 is 0 Å². The first-order chi connectivity index (χ1) is 16.2. The van der Waals surface area contributed by atoms with E-state index in [4.69, 9.17) is 10.2 Å². The van der Waals surface area contributed by atoms with Gasteiger partial charge in [0, 0.05) is 31.4 Å². The van der Waals surface area contributed by atoms with Gasteiger partial charge in [-0.1, -0.05) is 36.4 Å². The van der Waals surface area contributed by atoms with Crippen LogP contribution in [0.3, 0.4) is 0 Å². The topological polar surface area (TPSA) is 71.2 Å². The van der Waals surface area contributed by atoms with Crippen LogP contribution in [0, 0.1) is 6.07 Å². The maximum absolute atomic E-state index is 13.2. The molecular formula is C26H25F3IrN3O2-. The van der Waals surface area contributed by atoms with Crippen molar-refractivity contribution in [3.8, 4) is 28.5 Å². The molecule has 0 fully saturated rings. The molecule has 35 heavy (non-hydrogen) atoms. The number of rotatable bonds is 5. The van der Waals surface area contributed by atoms with Gasteiger partial charge in [0.1, 0.15) is 0 Å². The number of aromatic nitrogens is 3. The van der Waals surface area contributed by atoms with E-state index >= 15 is 0 Å². The second-order valence-corrected chi connectivity index (χ2v) is 7.81. The van der Waals surface area contributed by atoms with Gasteiger partial charge in [-0.2, -0.15) is 18.3 Å². The fourth-order valence-corrected chi connectivity index (χ4v) is 3.32. The number of benzene rings is 3. The SMILES string of the molecule is CC(O)CC(C)O.FC(F)(F)c1cccc(-n2c(-c3[c-]cccc3)nnc2-c2ccccc2)c1.[Ir]. The molecule has 1 aromatic heterocycles. The van der Waals surface area contributed by atoms with E-state index in [-0.39, 0.29) is 32.3 Å². The molecule has 2 unspecified atom stereocenters. The number of hydrogen-bond donors (Lipinski definition) is 2. The molecule has 1 heterocycles. The molecule has 4 rings (SSSR count). The van der Waals surface area contributed by atoms with Crippen molar-refractivity contribution in [2.45, 2.75) is 38.7 Å². The third-order valence-electron chi connectivity index (χ3n) is 4.76. The third-order valence-corrected chi connectivity index (χ3v) is 4.76. The van der Waals surface area contributed by atoms with Gasteiger partial charge < -0.3 is 14.8 Å². The second kappa shape index (κ2) is 12.7. The Labute approximate surface area is 215 Å². The van der Waals surface area contributed by atoms with Crippen molar-refractivity contribution in [1.82, 2.24) is 14.8 Å². The van der Waals surface area contributed by atoms with Crippen LogP contribution in [0.2, 0.25) is 0 Å². The van der Waals surface area contributed by atoms with Crippen molar-refractivity contribution in [2.75, 3.05) is 0 Å². The first-order valence-corrected chi connectivity index (χ1v) is 10.7. The molecule has 9 heteroatoms. The van der Waals surface area contributed by atoms with E-state index < -0.39 is 11.7 Å². The predicted octanol–water partition coefficient (Wildman–Crippen LogP) is 5.56. The number of alkyl halides is 3. The van der Waals surface area contributed by atoms with Gasteiger partial charge in [-0.05, 0) is 38.5 Å². The van der Waals surface area contributed by atoms with Crippen LogP contribution in [0.1, 0.15) is 25.8 Å². The number of nitrogens with zero attached hydrogens (tertiary/aromatic N) is 3. The van der Waals surface area contributed by atoms with Crippen molar-refractivity contribution >= 4 is 0 Å². The van der Waals surface area contributed by atoms with Gasteiger partial charge in [-0.15, -0.1) is 41.0 Å². The first-order valence-electron chi connectivity index (χ1n) is 10.7. The maximum atomic E-state index is 13.2. The number of aliphatic hydroxyl groups excluding tert-OH is 2. The van der Waals surface area contributed by atoms with Gasteiger partial charge in [0.25, 0.3) is 0 Å². The van der Waals surface area contributed by atoms with E-state index in [2.05, 4.69) is 16.3 Å². The van der Waals surface area contributed by atoms with Crippen molar-refractivity contribution in [2.24, 2.45) is 0 Å². The van der Waals surface area contributed by atoms with Crippen LogP contribution in [0.4, 0.5) is 13.2 Å². The van der Waals surface area contributed by atoms with Crippen LogP contribution in [-0.4, -0.2) is 37.2 Å². The molecule has 0 aliphatic carbocycles. The molecule has 3 aromatic carbocycles. The molecule has 0 amide bonds. The third kappa shape index (κ3) is 7.83. The summed E-state index contributed by atoms with van der Waals surface area (Å²) in [6.45, 7) is 3.32. The van der Waals surface area contributed by atoms with Gasteiger partial charge >= 0.3 is 6.18 Å². The summed E-state index contributed by atoms with van der Waals surface area (Å²) in [4.78, 5) is 0. The maximum Gasteiger partial charge on any atom is 0.416 e. The minimum Gasteiger partial charge on any atom is -0.393 e. The van der Waals surface area contributed by atoms with E-state index in [9.17, 15) is 13.2 Å². The van der Waals surface area contributed by atoms with Gasteiger partial charge in [-0.25, -0.2) is 0 Å². The van der Waals surface area contributed by atoms with Crippen molar-refractivity contribution < 1.29 is 43.5 Å². The Bertz CT molecular complexity index is 1120. The van der Waals surface area contributed by atoms with E-state index in [1.54, 1.807) is 36.6 Å². The van der Waals surface area contributed by atoms with Crippen molar-refractivity contribution in [1.29, 1.82) is 0 Å². The zero-order valence-electron chi connectivity index (χ0n) is 19.1. The molecule has 0 saturated carbocycles. The molecule has 187 valence electrons. The predicted molar refractivity (Wildman–Crippen MR) is 124 cm³/mol. The minimum atomic E-state index is -4.43. The Morgan fingerprint density at radius 2 is 1.49 bits per heavy atom. The molecule has 2 N–H and O–H groups in total.